The number of sulfonamides is 1. The third-order valence-electron chi connectivity index (χ3n) is 9.66. The standard InChI is InChI=1S/C33H42BrN11O3S/c1-21-19-27(32(48-4)41-31(21)45-13-9-22(10-14-45)44-17-15-42(2)16-18-44)39-33-37-20-24(34)30(40-33)38-26-8-7-25-28(36-12-11-35-25)29(26)43(3)49(46,47)23-5-6-23/h7-8,11-12,19-20,22-23H,5-6,9-10,13-18H2,1-4H3,(H2,37,38,39,40). The summed E-state index contributed by atoms with van der Waals surface area (Å²) < 4.78 is 34.4. The van der Waals surface area contributed by atoms with Crippen LogP contribution in [0.4, 0.5) is 34.6 Å². The van der Waals surface area contributed by atoms with Crippen molar-refractivity contribution in [1.82, 2.24) is 34.7 Å². The number of piperazine rings is 1. The molecule has 2 N–H and O–H groups in total. The van der Waals surface area contributed by atoms with Crippen LogP contribution < -0.4 is 24.6 Å². The molecule has 3 fully saturated rings. The highest BCUT2D eigenvalue weighted by molar-refractivity contribution is 9.10. The van der Waals surface area contributed by atoms with Crippen molar-refractivity contribution in [3.63, 3.8) is 0 Å². The average molecular weight is 753 g/mol. The summed E-state index contributed by atoms with van der Waals surface area (Å²) in [6.07, 6.45) is 8.30. The topological polar surface area (TPSA) is 145 Å². The molecule has 3 aliphatic rings. The van der Waals surface area contributed by atoms with Crippen LogP contribution in [0, 0.1) is 6.92 Å². The number of hydrogen-bond acceptors (Lipinski definition) is 13. The van der Waals surface area contributed by atoms with Crippen LogP contribution in [0.2, 0.25) is 0 Å². The van der Waals surface area contributed by atoms with Gasteiger partial charge in [0.2, 0.25) is 21.9 Å². The Morgan fingerprint density at radius 1 is 0.939 bits per heavy atom. The molecule has 1 saturated carbocycles. The molecule has 0 atom stereocenters. The zero-order valence-electron chi connectivity index (χ0n) is 28.2. The first-order valence-electron chi connectivity index (χ1n) is 16.6. The molecular formula is C33H42BrN11O3S. The first kappa shape index (κ1) is 33.6. The number of hydrogen-bond donors (Lipinski definition) is 2. The van der Waals surface area contributed by atoms with E-state index in [2.05, 4.69) is 70.2 Å². The van der Waals surface area contributed by atoms with E-state index in [1.54, 1.807) is 44.9 Å². The van der Waals surface area contributed by atoms with E-state index in [4.69, 9.17) is 14.7 Å². The predicted molar refractivity (Wildman–Crippen MR) is 196 cm³/mol. The van der Waals surface area contributed by atoms with Gasteiger partial charge in [0.1, 0.15) is 28.5 Å². The number of aryl methyl sites for hydroxylation is 1. The number of pyridine rings is 1. The van der Waals surface area contributed by atoms with Crippen molar-refractivity contribution in [1.29, 1.82) is 0 Å². The predicted octanol–water partition coefficient (Wildman–Crippen LogP) is 4.53. The molecule has 2 saturated heterocycles. The number of anilines is 6. The molecule has 5 heterocycles. The van der Waals surface area contributed by atoms with Crippen molar-refractivity contribution in [3.05, 3.63) is 46.8 Å². The minimum absolute atomic E-state index is 0.312. The normalized spacial score (nSPS) is 18.1. The van der Waals surface area contributed by atoms with Crippen LogP contribution in [-0.4, -0.2) is 115 Å². The minimum Gasteiger partial charge on any atom is -0.479 e. The molecule has 3 aromatic heterocycles. The number of piperidine rings is 1. The molecule has 2 aliphatic heterocycles. The van der Waals surface area contributed by atoms with Crippen LogP contribution in [-0.2, 0) is 10.0 Å². The lowest BCUT2D eigenvalue weighted by Crippen LogP contribution is -2.52. The number of likely N-dealkylation sites (N-methyl/N-ethyl adjacent to an activating group) is 1. The number of aromatic nitrogens is 5. The van der Waals surface area contributed by atoms with Gasteiger partial charge in [0.05, 0.1) is 28.0 Å². The van der Waals surface area contributed by atoms with E-state index >= 15 is 0 Å². The molecule has 260 valence electrons. The highest BCUT2D eigenvalue weighted by Gasteiger charge is 2.40. The van der Waals surface area contributed by atoms with E-state index in [-0.39, 0.29) is 0 Å². The van der Waals surface area contributed by atoms with E-state index < -0.39 is 15.3 Å². The van der Waals surface area contributed by atoms with Gasteiger partial charge in [0.25, 0.3) is 0 Å². The molecule has 0 spiro atoms. The molecule has 1 aliphatic carbocycles. The smallest absolute Gasteiger partial charge is 0.239 e. The summed E-state index contributed by atoms with van der Waals surface area (Å²) in [5.74, 6) is 2.12. The SMILES string of the molecule is COc1nc(N2CCC(N3CCN(C)CC3)CC2)c(C)cc1Nc1ncc(Br)c(Nc2ccc3nccnc3c2N(C)S(=O)(=O)C2CC2)n1. The summed E-state index contributed by atoms with van der Waals surface area (Å²) in [6, 6.07) is 6.22. The second kappa shape index (κ2) is 13.8. The number of fused-ring (bicyclic) bond motifs is 1. The largest absolute Gasteiger partial charge is 0.479 e. The Hall–Kier alpha value is -3.86. The van der Waals surface area contributed by atoms with Crippen molar-refractivity contribution < 1.29 is 13.2 Å². The number of halogens is 1. The summed E-state index contributed by atoms with van der Waals surface area (Å²) in [5.41, 5.74) is 3.64. The van der Waals surface area contributed by atoms with Gasteiger partial charge in [-0.25, -0.2) is 13.4 Å². The van der Waals surface area contributed by atoms with Crippen LogP contribution in [0.1, 0.15) is 31.2 Å². The lowest BCUT2D eigenvalue weighted by Gasteiger charge is -2.42. The number of rotatable bonds is 10. The van der Waals surface area contributed by atoms with E-state index in [1.807, 2.05) is 6.07 Å². The molecule has 0 amide bonds. The van der Waals surface area contributed by atoms with Gasteiger partial charge in [-0.1, -0.05) is 0 Å². The molecule has 16 heteroatoms. The maximum atomic E-state index is 13.3. The molecule has 1 aromatic carbocycles. The Kier molecular flexibility index (Phi) is 9.47. The lowest BCUT2D eigenvalue weighted by atomic mass is 10.0. The van der Waals surface area contributed by atoms with Crippen LogP contribution in [0.3, 0.4) is 0 Å². The molecule has 4 aromatic rings. The molecule has 0 unspecified atom stereocenters. The molecule has 14 nitrogen and oxygen atoms in total. The van der Waals surface area contributed by atoms with E-state index in [0.29, 0.717) is 69.1 Å². The summed E-state index contributed by atoms with van der Waals surface area (Å²) in [7, 11) is 1.79. The zero-order valence-corrected chi connectivity index (χ0v) is 30.6. The second-order valence-electron chi connectivity index (χ2n) is 13.0. The van der Waals surface area contributed by atoms with Gasteiger partial charge in [0, 0.05) is 70.9 Å². The van der Waals surface area contributed by atoms with Crippen molar-refractivity contribution in [3.8, 4) is 5.88 Å². The first-order chi connectivity index (χ1) is 23.6. The third-order valence-corrected chi connectivity index (χ3v) is 12.5. The Bertz CT molecular complexity index is 1950. The van der Waals surface area contributed by atoms with Crippen molar-refractivity contribution >= 4 is 71.6 Å². The Morgan fingerprint density at radius 3 is 2.39 bits per heavy atom. The fraction of sp³-hybridized carbons (Fsp3) is 0.485. The van der Waals surface area contributed by atoms with Crippen molar-refractivity contribution in [2.24, 2.45) is 0 Å². The number of nitrogens with one attached hydrogen (secondary N) is 2. The minimum atomic E-state index is -3.58. The van der Waals surface area contributed by atoms with Gasteiger partial charge in [-0.3, -0.25) is 19.2 Å². The summed E-state index contributed by atoms with van der Waals surface area (Å²) in [6.45, 7) is 8.50. The van der Waals surface area contributed by atoms with Crippen LogP contribution in [0.25, 0.3) is 11.0 Å². The molecule has 0 bridgehead atoms. The number of nitrogens with zero attached hydrogens (tertiary/aromatic N) is 9. The van der Waals surface area contributed by atoms with Crippen LogP contribution >= 0.6 is 15.9 Å². The third kappa shape index (κ3) is 6.96. The lowest BCUT2D eigenvalue weighted by molar-refractivity contribution is 0.0981. The maximum absolute atomic E-state index is 13.3. The molecule has 7 rings (SSSR count). The number of methoxy groups -OCH3 is 1. The summed E-state index contributed by atoms with van der Waals surface area (Å²) in [5, 5.41) is 6.21. The van der Waals surface area contributed by atoms with E-state index in [0.717, 1.165) is 63.5 Å². The van der Waals surface area contributed by atoms with Gasteiger partial charge >= 0.3 is 0 Å². The Balaban J connectivity index is 1.11. The molecule has 49 heavy (non-hydrogen) atoms. The fourth-order valence-electron chi connectivity index (χ4n) is 6.70. The first-order valence-corrected chi connectivity index (χ1v) is 18.9. The average Bonchev–Trinajstić information content (AvgIpc) is 3.97. The highest BCUT2D eigenvalue weighted by atomic mass is 79.9. The van der Waals surface area contributed by atoms with Gasteiger partial charge in [0.15, 0.2) is 0 Å². The van der Waals surface area contributed by atoms with Crippen molar-refractivity contribution in [2.75, 3.05) is 80.3 Å². The number of benzene rings is 1. The van der Waals surface area contributed by atoms with E-state index in [9.17, 15) is 8.42 Å². The van der Waals surface area contributed by atoms with Crippen molar-refractivity contribution in [2.45, 2.75) is 43.9 Å². The van der Waals surface area contributed by atoms with E-state index in [1.165, 1.54) is 4.31 Å². The monoisotopic (exact) mass is 751 g/mol. The van der Waals surface area contributed by atoms with Gasteiger partial charge in [-0.2, -0.15) is 9.97 Å². The summed E-state index contributed by atoms with van der Waals surface area (Å²) >= 11 is 3.56. The number of ether oxygens (including phenoxy) is 1. The zero-order chi connectivity index (χ0) is 34.3. The van der Waals surface area contributed by atoms with Crippen LogP contribution in [0.5, 0.6) is 5.88 Å². The van der Waals surface area contributed by atoms with Crippen LogP contribution in [0.15, 0.2) is 41.3 Å². The van der Waals surface area contributed by atoms with Gasteiger partial charge in [-0.15, -0.1) is 0 Å². The molecule has 0 radical (unpaired) electrons. The van der Waals surface area contributed by atoms with Gasteiger partial charge < -0.3 is 25.2 Å². The Labute approximate surface area is 295 Å². The van der Waals surface area contributed by atoms with Gasteiger partial charge in [-0.05, 0) is 79.3 Å². The second-order valence-corrected chi connectivity index (χ2v) is 16.1. The molecular weight excluding hydrogens is 710 g/mol. The fourth-order valence-corrected chi connectivity index (χ4v) is 8.61. The Morgan fingerprint density at radius 2 is 1.67 bits per heavy atom. The highest BCUT2D eigenvalue weighted by Crippen LogP contribution is 2.40. The summed E-state index contributed by atoms with van der Waals surface area (Å²) in [4.78, 5) is 30.5. The maximum Gasteiger partial charge on any atom is 0.239 e. The quantitative estimate of drug-likeness (QED) is 0.234.